The molecule has 0 saturated carbocycles. The van der Waals surface area contributed by atoms with Crippen LogP contribution in [0.25, 0.3) is 10.8 Å². The van der Waals surface area contributed by atoms with E-state index in [9.17, 15) is 0 Å². The Kier molecular flexibility index (Phi) is 3.37. The number of aliphatic hydroxyl groups excluding tert-OH is 1. The molecule has 1 N–H and O–H groups in total. The van der Waals surface area contributed by atoms with E-state index in [0.29, 0.717) is 6.42 Å². The van der Waals surface area contributed by atoms with Gasteiger partial charge in [-0.2, -0.15) is 0 Å². The van der Waals surface area contributed by atoms with Gasteiger partial charge in [0.25, 0.3) is 0 Å². The summed E-state index contributed by atoms with van der Waals surface area (Å²) in [5, 5.41) is 11.6. The van der Waals surface area contributed by atoms with Crippen molar-refractivity contribution in [2.45, 2.75) is 12.8 Å². The van der Waals surface area contributed by atoms with Crippen LogP contribution in [0.2, 0.25) is 0 Å². The number of fused-ring (bicyclic) bond motifs is 1. The molecule has 16 heavy (non-hydrogen) atoms. The van der Waals surface area contributed by atoms with E-state index >= 15 is 0 Å². The summed E-state index contributed by atoms with van der Waals surface area (Å²) < 4.78 is 0. The van der Waals surface area contributed by atoms with Gasteiger partial charge in [0.1, 0.15) is 0 Å². The van der Waals surface area contributed by atoms with Gasteiger partial charge in [-0.05, 0) is 34.7 Å². The lowest BCUT2D eigenvalue weighted by Crippen LogP contribution is -1.98. The Morgan fingerprint density at radius 3 is 2.69 bits per heavy atom. The molecule has 2 rings (SSSR count). The van der Waals surface area contributed by atoms with E-state index in [2.05, 4.69) is 30.8 Å². The van der Waals surface area contributed by atoms with Crippen molar-refractivity contribution in [2.24, 2.45) is 0 Å². The van der Waals surface area contributed by atoms with E-state index in [-0.39, 0.29) is 6.61 Å². The van der Waals surface area contributed by atoms with Gasteiger partial charge >= 0.3 is 0 Å². The fourth-order valence-electron chi connectivity index (χ4n) is 2.13. The molecule has 0 spiro atoms. The van der Waals surface area contributed by atoms with Crippen LogP contribution in [0.3, 0.4) is 0 Å². The molecule has 0 fully saturated rings. The highest BCUT2D eigenvalue weighted by atomic mass is 16.2. The average molecular weight is 212 g/mol. The number of benzene rings is 2. The van der Waals surface area contributed by atoms with Crippen LogP contribution in [-0.2, 0) is 12.8 Å². The number of hydrogen-bond acceptors (Lipinski definition) is 1. The highest BCUT2D eigenvalue weighted by molar-refractivity contribution is 5.86. The van der Waals surface area contributed by atoms with Crippen molar-refractivity contribution in [3.8, 4) is 0 Å². The quantitative estimate of drug-likeness (QED) is 0.772. The second kappa shape index (κ2) is 4.95. The Balaban J connectivity index is 2.63. The Bertz CT molecular complexity index is 500. The van der Waals surface area contributed by atoms with Crippen molar-refractivity contribution < 1.29 is 5.11 Å². The van der Waals surface area contributed by atoms with Crippen molar-refractivity contribution in [1.82, 2.24) is 0 Å². The van der Waals surface area contributed by atoms with Crippen LogP contribution in [-0.4, -0.2) is 11.7 Å². The summed E-state index contributed by atoms with van der Waals surface area (Å²) >= 11 is 0. The molecule has 1 heteroatoms. The second-order valence-corrected chi connectivity index (χ2v) is 3.89. The molecule has 0 saturated heterocycles. The van der Waals surface area contributed by atoms with Crippen LogP contribution >= 0.6 is 0 Å². The van der Waals surface area contributed by atoms with Gasteiger partial charge in [0.2, 0.25) is 0 Å². The molecule has 0 aliphatic carbocycles. The van der Waals surface area contributed by atoms with Crippen molar-refractivity contribution in [1.29, 1.82) is 0 Å². The summed E-state index contributed by atoms with van der Waals surface area (Å²) in [6.45, 7) is 3.97. The number of hydrogen-bond donors (Lipinski definition) is 1. The van der Waals surface area contributed by atoms with E-state index in [4.69, 9.17) is 5.11 Å². The van der Waals surface area contributed by atoms with Crippen LogP contribution in [0.15, 0.2) is 49.1 Å². The lowest BCUT2D eigenvalue weighted by atomic mass is 9.95. The molecular formula is C15H16O. The first kappa shape index (κ1) is 10.9. The zero-order valence-electron chi connectivity index (χ0n) is 9.32. The summed E-state index contributed by atoms with van der Waals surface area (Å²) in [5.74, 6) is 0. The fourth-order valence-corrected chi connectivity index (χ4v) is 2.13. The SMILES string of the molecule is C=CCc1ccc2ccccc2c1CCO. The molecule has 0 amide bonds. The Morgan fingerprint density at radius 2 is 1.94 bits per heavy atom. The second-order valence-electron chi connectivity index (χ2n) is 3.89. The minimum Gasteiger partial charge on any atom is -0.396 e. The molecule has 0 heterocycles. The van der Waals surface area contributed by atoms with E-state index in [0.717, 1.165) is 6.42 Å². The summed E-state index contributed by atoms with van der Waals surface area (Å²) in [5.41, 5.74) is 2.52. The van der Waals surface area contributed by atoms with Crippen molar-refractivity contribution in [2.75, 3.05) is 6.61 Å². The average Bonchev–Trinajstić information content (AvgIpc) is 2.32. The van der Waals surface area contributed by atoms with Crippen LogP contribution in [0, 0.1) is 0 Å². The van der Waals surface area contributed by atoms with E-state index in [1.807, 2.05) is 18.2 Å². The van der Waals surface area contributed by atoms with Crippen LogP contribution < -0.4 is 0 Å². The lowest BCUT2D eigenvalue weighted by Gasteiger charge is -2.10. The monoisotopic (exact) mass is 212 g/mol. The Labute approximate surface area is 96.0 Å². The van der Waals surface area contributed by atoms with Crippen LogP contribution in [0.4, 0.5) is 0 Å². The molecule has 0 aliphatic rings. The first-order chi connectivity index (χ1) is 7.86. The molecule has 1 nitrogen and oxygen atoms in total. The molecule has 0 radical (unpaired) electrons. The van der Waals surface area contributed by atoms with Gasteiger partial charge in [-0.25, -0.2) is 0 Å². The largest absolute Gasteiger partial charge is 0.396 e. The van der Waals surface area contributed by atoms with Crippen molar-refractivity contribution in [3.63, 3.8) is 0 Å². The maximum atomic E-state index is 9.15. The molecule has 0 atom stereocenters. The molecule has 2 aromatic rings. The Morgan fingerprint density at radius 1 is 1.12 bits per heavy atom. The van der Waals surface area contributed by atoms with Crippen LogP contribution in [0.1, 0.15) is 11.1 Å². The molecule has 0 bridgehead atoms. The zero-order chi connectivity index (χ0) is 11.4. The predicted octanol–water partition coefficient (Wildman–Crippen LogP) is 3.10. The molecule has 0 unspecified atom stereocenters. The topological polar surface area (TPSA) is 20.2 Å². The van der Waals surface area contributed by atoms with Crippen molar-refractivity contribution in [3.05, 3.63) is 60.2 Å². The third-order valence-electron chi connectivity index (χ3n) is 2.86. The van der Waals surface area contributed by atoms with E-state index in [1.54, 1.807) is 0 Å². The maximum absolute atomic E-state index is 9.15. The Hall–Kier alpha value is -1.60. The number of rotatable bonds is 4. The minimum absolute atomic E-state index is 0.193. The third kappa shape index (κ3) is 2.00. The summed E-state index contributed by atoms with van der Waals surface area (Å²) in [7, 11) is 0. The number of allylic oxidation sites excluding steroid dienone is 1. The standard InChI is InChI=1S/C15H16O/c1-2-5-12-8-9-13-6-3-4-7-14(13)15(12)10-11-16/h2-4,6-9,16H,1,5,10-11H2. The molecule has 82 valence electrons. The molecule has 0 aromatic heterocycles. The summed E-state index contributed by atoms with van der Waals surface area (Å²) in [4.78, 5) is 0. The smallest absolute Gasteiger partial charge is 0.0471 e. The van der Waals surface area contributed by atoms with Crippen LogP contribution in [0.5, 0.6) is 0 Å². The van der Waals surface area contributed by atoms with E-state index in [1.165, 1.54) is 21.9 Å². The van der Waals surface area contributed by atoms with Crippen molar-refractivity contribution >= 4 is 10.8 Å². The van der Waals surface area contributed by atoms with Gasteiger partial charge in [0.05, 0.1) is 0 Å². The normalized spacial score (nSPS) is 10.6. The first-order valence-electron chi connectivity index (χ1n) is 5.58. The van der Waals surface area contributed by atoms with E-state index < -0.39 is 0 Å². The highest BCUT2D eigenvalue weighted by Crippen LogP contribution is 2.23. The lowest BCUT2D eigenvalue weighted by molar-refractivity contribution is 0.300. The molecule has 2 aromatic carbocycles. The maximum Gasteiger partial charge on any atom is 0.0471 e. The highest BCUT2D eigenvalue weighted by Gasteiger charge is 2.05. The van der Waals surface area contributed by atoms with Gasteiger partial charge in [-0.3, -0.25) is 0 Å². The zero-order valence-corrected chi connectivity index (χ0v) is 9.32. The summed E-state index contributed by atoms with van der Waals surface area (Å²) in [6, 6.07) is 12.6. The third-order valence-corrected chi connectivity index (χ3v) is 2.86. The first-order valence-corrected chi connectivity index (χ1v) is 5.58. The summed E-state index contributed by atoms with van der Waals surface area (Å²) in [6.07, 6.45) is 3.48. The van der Waals surface area contributed by atoms with Gasteiger partial charge < -0.3 is 5.11 Å². The number of aliphatic hydroxyl groups is 1. The van der Waals surface area contributed by atoms with Gasteiger partial charge in [-0.15, -0.1) is 6.58 Å². The van der Waals surface area contributed by atoms with Gasteiger partial charge in [0, 0.05) is 6.61 Å². The molecule has 0 aliphatic heterocycles. The fraction of sp³-hybridized carbons (Fsp3) is 0.200. The minimum atomic E-state index is 0.193. The predicted molar refractivity (Wildman–Crippen MR) is 68.6 cm³/mol. The van der Waals surface area contributed by atoms with Gasteiger partial charge in [0.15, 0.2) is 0 Å². The molecular weight excluding hydrogens is 196 g/mol. The van der Waals surface area contributed by atoms with Gasteiger partial charge in [-0.1, -0.05) is 42.5 Å².